The molecule has 1 aromatic rings. The van der Waals surface area contributed by atoms with Crippen molar-refractivity contribution in [3.63, 3.8) is 0 Å². The average Bonchev–Trinajstić information content (AvgIpc) is 2.78. The van der Waals surface area contributed by atoms with E-state index in [1.807, 2.05) is 6.07 Å². The van der Waals surface area contributed by atoms with Gasteiger partial charge in [0.05, 0.1) is 0 Å². The molecule has 0 nitrogen and oxygen atoms in total. The Morgan fingerprint density at radius 1 is 0.903 bits per heavy atom. The lowest BCUT2D eigenvalue weighted by Crippen LogP contribution is -2.30. The first-order valence-corrected chi connectivity index (χ1v) is 13.6. The summed E-state index contributed by atoms with van der Waals surface area (Å²) in [5.41, 5.74) is 3.86. The number of rotatable bonds is 8. The number of hydrogen-bond acceptors (Lipinski definition) is 0. The smallest absolute Gasteiger partial charge is 0.126 e. The molecule has 0 saturated heterocycles. The van der Waals surface area contributed by atoms with E-state index in [0.717, 1.165) is 35.7 Å². The van der Waals surface area contributed by atoms with E-state index in [0.29, 0.717) is 5.92 Å². The van der Waals surface area contributed by atoms with E-state index in [-0.39, 0.29) is 5.82 Å². The van der Waals surface area contributed by atoms with Gasteiger partial charge in [-0.1, -0.05) is 63.7 Å². The maximum atomic E-state index is 15.3. The molecule has 2 fully saturated rings. The van der Waals surface area contributed by atoms with Crippen LogP contribution in [0.2, 0.25) is 0 Å². The summed E-state index contributed by atoms with van der Waals surface area (Å²) in [6.07, 6.45) is 24.2. The lowest BCUT2D eigenvalue weighted by molar-refractivity contribution is 0.132. The average molecular weight is 425 g/mol. The quantitative estimate of drug-likeness (QED) is 0.288. The fraction of sp³-hybridized carbons (Fsp3) is 0.733. The Kier molecular flexibility index (Phi) is 8.30. The predicted octanol–water partition coefficient (Wildman–Crippen LogP) is 9.17. The Bertz CT molecular complexity index is 732. The van der Waals surface area contributed by atoms with Crippen LogP contribution in [-0.4, -0.2) is 0 Å². The molecule has 4 rings (SSSR count). The van der Waals surface area contributed by atoms with Gasteiger partial charge in [-0.15, -0.1) is 0 Å². The number of fused-ring (bicyclic) bond motifs is 2. The Morgan fingerprint density at radius 3 is 2.55 bits per heavy atom. The molecule has 5 atom stereocenters. The van der Waals surface area contributed by atoms with Gasteiger partial charge in [0.25, 0.3) is 0 Å². The number of halogens is 1. The van der Waals surface area contributed by atoms with Crippen LogP contribution in [0.3, 0.4) is 0 Å². The molecule has 0 amide bonds. The van der Waals surface area contributed by atoms with Crippen molar-refractivity contribution in [2.24, 2.45) is 23.7 Å². The second-order valence-corrected chi connectivity index (χ2v) is 11.1. The molecule has 3 aliphatic rings. The van der Waals surface area contributed by atoms with Crippen molar-refractivity contribution in [3.8, 4) is 0 Å². The first kappa shape index (κ1) is 23.1. The minimum atomic E-state index is 0.105. The summed E-state index contributed by atoms with van der Waals surface area (Å²) in [4.78, 5) is 0. The summed E-state index contributed by atoms with van der Waals surface area (Å²) < 4.78 is 15.3. The van der Waals surface area contributed by atoms with E-state index in [1.54, 1.807) is 0 Å². The van der Waals surface area contributed by atoms with Gasteiger partial charge in [0.15, 0.2) is 0 Å². The largest absolute Gasteiger partial charge is 0.207 e. The summed E-state index contributed by atoms with van der Waals surface area (Å²) in [5.74, 6) is 3.84. The molecule has 31 heavy (non-hydrogen) atoms. The van der Waals surface area contributed by atoms with E-state index in [1.165, 1.54) is 101 Å². The molecular weight excluding hydrogens is 379 g/mol. The molecule has 0 bridgehead atoms. The highest BCUT2D eigenvalue weighted by Gasteiger charge is 2.36. The molecule has 5 unspecified atom stereocenters. The summed E-state index contributed by atoms with van der Waals surface area (Å²) >= 11 is 0. The van der Waals surface area contributed by atoms with Gasteiger partial charge in [-0.05, 0) is 117 Å². The third-order valence-corrected chi connectivity index (χ3v) is 8.92. The summed E-state index contributed by atoms with van der Waals surface area (Å²) in [5, 5.41) is 0. The Morgan fingerprint density at radius 2 is 1.71 bits per heavy atom. The summed E-state index contributed by atoms with van der Waals surface area (Å²) in [6.45, 7) is 4.43. The lowest BCUT2D eigenvalue weighted by Gasteiger charge is -2.42. The number of aryl methyl sites for hydroxylation is 1. The minimum absolute atomic E-state index is 0.105. The molecular formula is C30H45F. The minimum Gasteiger partial charge on any atom is -0.207 e. The maximum Gasteiger partial charge on any atom is 0.126 e. The topological polar surface area (TPSA) is 0 Å². The van der Waals surface area contributed by atoms with Crippen LogP contribution in [0.5, 0.6) is 0 Å². The zero-order chi connectivity index (χ0) is 21.6. The molecule has 172 valence electrons. The normalized spacial score (nSPS) is 30.9. The highest BCUT2D eigenvalue weighted by molar-refractivity contribution is 5.37. The van der Waals surface area contributed by atoms with Gasteiger partial charge < -0.3 is 0 Å². The van der Waals surface area contributed by atoms with Gasteiger partial charge >= 0.3 is 0 Å². The van der Waals surface area contributed by atoms with Gasteiger partial charge in [-0.25, -0.2) is 4.39 Å². The molecule has 0 heterocycles. The standard InChI is InChI=1S/C30H45F/c1-3-5-6-7-8-10-23-12-14-26-20-29(30(31)21-28(26)18-23)27-16-15-24-17-22(9-4-2)11-13-25(24)19-27/h4,9,20-25,27H,3,5-8,10-19H2,1-2H3/b9-4+. The third kappa shape index (κ3) is 5.82. The van der Waals surface area contributed by atoms with Crippen LogP contribution < -0.4 is 0 Å². The molecule has 2 saturated carbocycles. The van der Waals surface area contributed by atoms with Gasteiger partial charge in [-0.2, -0.15) is 0 Å². The van der Waals surface area contributed by atoms with E-state index < -0.39 is 0 Å². The number of allylic oxidation sites excluding steroid dienone is 2. The first-order chi connectivity index (χ1) is 15.2. The molecule has 1 aromatic carbocycles. The molecule has 0 radical (unpaired) electrons. The van der Waals surface area contributed by atoms with E-state index >= 15 is 4.39 Å². The number of hydrogen-bond donors (Lipinski definition) is 0. The summed E-state index contributed by atoms with van der Waals surface area (Å²) in [6, 6.07) is 4.25. The molecule has 0 aromatic heterocycles. The van der Waals surface area contributed by atoms with Gasteiger partial charge in [0, 0.05) is 0 Å². The van der Waals surface area contributed by atoms with Gasteiger partial charge in [0.1, 0.15) is 5.82 Å². The van der Waals surface area contributed by atoms with E-state index in [2.05, 4.69) is 32.1 Å². The second kappa shape index (κ2) is 11.2. The van der Waals surface area contributed by atoms with Crippen LogP contribution in [0.4, 0.5) is 4.39 Å². The van der Waals surface area contributed by atoms with Crippen molar-refractivity contribution >= 4 is 0 Å². The Hall–Kier alpha value is -1.11. The van der Waals surface area contributed by atoms with E-state index in [4.69, 9.17) is 0 Å². The molecule has 0 spiro atoms. The van der Waals surface area contributed by atoms with Crippen LogP contribution in [0, 0.1) is 29.5 Å². The van der Waals surface area contributed by atoms with Crippen molar-refractivity contribution < 1.29 is 4.39 Å². The zero-order valence-electron chi connectivity index (χ0n) is 20.2. The van der Waals surface area contributed by atoms with Crippen molar-refractivity contribution in [1.29, 1.82) is 0 Å². The van der Waals surface area contributed by atoms with Crippen LogP contribution in [0.15, 0.2) is 24.3 Å². The lowest BCUT2D eigenvalue weighted by atomic mass is 9.63. The monoisotopic (exact) mass is 424 g/mol. The SMILES string of the molecule is C/C=C/C1CCC2CC(c3cc4c(cc3F)CC(CCCCCCC)CC4)CCC2C1. The van der Waals surface area contributed by atoms with Crippen molar-refractivity contribution in [2.75, 3.05) is 0 Å². The van der Waals surface area contributed by atoms with Crippen molar-refractivity contribution in [3.05, 3.63) is 46.8 Å². The fourth-order valence-electron chi connectivity index (χ4n) is 7.12. The van der Waals surface area contributed by atoms with Gasteiger partial charge in [0.2, 0.25) is 0 Å². The van der Waals surface area contributed by atoms with Crippen LogP contribution in [0.1, 0.15) is 120 Å². The zero-order valence-corrected chi connectivity index (χ0v) is 20.2. The second-order valence-electron chi connectivity index (χ2n) is 11.1. The predicted molar refractivity (Wildman–Crippen MR) is 131 cm³/mol. The Labute approximate surface area is 191 Å². The highest BCUT2D eigenvalue weighted by Crippen LogP contribution is 2.48. The number of benzene rings is 1. The fourth-order valence-corrected chi connectivity index (χ4v) is 7.12. The van der Waals surface area contributed by atoms with E-state index in [9.17, 15) is 0 Å². The third-order valence-electron chi connectivity index (χ3n) is 8.92. The molecule has 1 heteroatoms. The highest BCUT2D eigenvalue weighted by atomic mass is 19.1. The van der Waals surface area contributed by atoms with Crippen LogP contribution in [-0.2, 0) is 12.8 Å². The molecule has 3 aliphatic carbocycles. The maximum absolute atomic E-state index is 15.3. The summed E-state index contributed by atoms with van der Waals surface area (Å²) in [7, 11) is 0. The first-order valence-electron chi connectivity index (χ1n) is 13.6. The van der Waals surface area contributed by atoms with Crippen LogP contribution in [0.25, 0.3) is 0 Å². The Balaban J connectivity index is 1.34. The van der Waals surface area contributed by atoms with Crippen molar-refractivity contribution in [2.45, 2.75) is 116 Å². The molecule has 0 N–H and O–H groups in total. The van der Waals surface area contributed by atoms with Crippen LogP contribution >= 0.6 is 0 Å². The number of unbranched alkanes of at least 4 members (excludes halogenated alkanes) is 4. The van der Waals surface area contributed by atoms with Crippen molar-refractivity contribution in [1.82, 2.24) is 0 Å². The van der Waals surface area contributed by atoms with Gasteiger partial charge in [-0.3, -0.25) is 0 Å². The molecule has 0 aliphatic heterocycles.